The minimum absolute atomic E-state index is 0.172. The second kappa shape index (κ2) is 5.76. The molecule has 3 N–H and O–H groups in total. The van der Waals surface area contributed by atoms with Gasteiger partial charge in [0.15, 0.2) is 0 Å². The highest BCUT2D eigenvalue weighted by molar-refractivity contribution is 6.30. The third-order valence-electron chi connectivity index (χ3n) is 2.52. The summed E-state index contributed by atoms with van der Waals surface area (Å²) in [5.74, 6) is 0.669. The molecule has 4 heteroatoms. The first-order chi connectivity index (χ1) is 8.65. The van der Waals surface area contributed by atoms with Gasteiger partial charge < -0.3 is 15.6 Å². The molecule has 0 amide bonds. The lowest BCUT2D eigenvalue weighted by Gasteiger charge is -2.13. The first-order valence-corrected chi connectivity index (χ1v) is 5.95. The van der Waals surface area contributed by atoms with Crippen molar-refractivity contribution >= 4 is 17.3 Å². The zero-order valence-electron chi connectivity index (χ0n) is 9.71. The Balaban J connectivity index is 1.96. The molecule has 2 aromatic rings. The highest BCUT2D eigenvalue weighted by Crippen LogP contribution is 2.19. The first-order valence-electron chi connectivity index (χ1n) is 5.57. The fraction of sp³-hybridized carbons (Fsp3) is 0.143. The van der Waals surface area contributed by atoms with Crippen LogP contribution >= 0.6 is 11.6 Å². The van der Waals surface area contributed by atoms with Crippen molar-refractivity contribution in [3.8, 4) is 5.75 Å². The van der Waals surface area contributed by atoms with Crippen molar-refractivity contribution in [1.29, 1.82) is 0 Å². The summed E-state index contributed by atoms with van der Waals surface area (Å²) in [4.78, 5) is 0. The van der Waals surface area contributed by atoms with Gasteiger partial charge >= 0.3 is 0 Å². The number of hydrogen-bond donors (Lipinski definition) is 2. The summed E-state index contributed by atoms with van der Waals surface area (Å²) in [5.41, 5.74) is 7.02. The van der Waals surface area contributed by atoms with Crippen LogP contribution in [0.2, 0.25) is 5.02 Å². The molecule has 0 aromatic heterocycles. The van der Waals surface area contributed by atoms with Gasteiger partial charge in [-0.05, 0) is 42.0 Å². The SMILES string of the molecule is Nc1cccc(C(O)COc2ccc(Cl)cc2)c1. The lowest BCUT2D eigenvalue weighted by atomic mass is 10.1. The van der Waals surface area contributed by atoms with Crippen molar-refractivity contribution < 1.29 is 9.84 Å². The highest BCUT2D eigenvalue weighted by Gasteiger charge is 2.08. The quantitative estimate of drug-likeness (QED) is 0.834. The van der Waals surface area contributed by atoms with E-state index < -0.39 is 6.10 Å². The number of benzene rings is 2. The Morgan fingerprint density at radius 2 is 1.89 bits per heavy atom. The van der Waals surface area contributed by atoms with E-state index in [9.17, 15) is 5.11 Å². The van der Waals surface area contributed by atoms with E-state index in [2.05, 4.69) is 0 Å². The van der Waals surface area contributed by atoms with Crippen LogP contribution in [0.4, 0.5) is 5.69 Å². The fourth-order valence-electron chi connectivity index (χ4n) is 1.57. The number of hydrogen-bond acceptors (Lipinski definition) is 3. The van der Waals surface area contributed by atoms with E-state index in [4.69, 9.17) is 22.1 Å². The maximum atomic E-state index is 9.95. The number of aliphatic hydroxyl groups is 1. The molecular weight excluding hydrogens is 250 g/mol. The van der Waals surface area contributed by atoms with Crippen LogP contribution < -0.4 is 10.5 Å². The number of anilines is 1. The van der Waals surface area contributed by atoms with E-state index in [-0.39, 0.29) is 6.61 Å². The summed E-state index contributed by atoms with van der Waals surface area (Å²) in [6.45, 7) is 0.172. The van der Waals surface area contributed by atoms with Crippen LogP contribution in [0.5, 0.6) is 5.75 Å². The lowest BCUT2D eigenvalue weighted by molar-refractivity contribution is 0.108. The van der Waals surface area contributed by atoms with Gasteiger partial charge in [0.05, 0.1) is 0 Å². The molecular formula is C14H14ClNO2. The van der Waals surface area contributed by atoms with Crippen LogP contribution in [0.3, 0.4) is 0 Å². The molecule has 0 spiro atoms. The molecule has 18 heavy (non-hydrogen) atoms. The highest BCUT2D eigenvalue weighted by atomic mass is 35.5. The van der Waals surface area contributed by atoms with Gasteiger partial charge in [-0.3, -0.25) is 0 Å². The zero-order valence-corrected chi connectivity index (χ0v) is 10.5. The summed E-state index contributed by atoms with van der Waals surface area (Å²) >= 11 is 5.77. The molecule has 3 nitrogen and oxygen atoms in total. The molecule has 0 bridgehead atoms. The van der Waals surface area contributed by atoms with E-state index >= 15 is 0 Å². The van der Waals surface area contributed by atoms with Crippen LogP contribution in [-0.2, 0) is 0 Å². The van der Waals surface area contributed by atoms with Gasteiger partial charge in [-0.2, -0.15) is 0 Å². The Morgan fingerprint density at radius 3 is 2.56 bits per heavy atom. The van der Waals surface area contributed by atoms with E-state index in [1.54, 1.807) is 42.5 Å². The van der Waals surface area contributed by atoms with Gasteiger partial charge in [0.25, 0.3) is 0 Å². The first kappa shape index (κ1) is 12.7. The molecule has 0 aliphatic heterocycles. The molecule has 0 radical (unpaired) electrons. The molecule has 0 fully saturated rings. The molecule has 0 saturated carbocycles. The second-order valence-electron chi connectivity index (χ2n) is 3.95. The summed E-state index contributed by atoms with van der Waals surface area (Å²) in [5, 5.41) is 10.6. The average Bonchev–Trinajstić information content (AvgIpc) is 2.38. The van der Waals surface area contributed by atoms with Crippen LogP contribution in [0.15, 0.2) is 48.5 Å². The summed E-state index contributed by atoms with van der Waals surface area (Å²) in [6.07, 6.45) is -0.704. The Kier molecular flexibility index (Phi) is 4.07. The standard InChI is InChI=1S/C14H14ClNO2/c15-11-4-6-13(7-5-11)18-9-14(17)10-2-1-3-12(16)8-10/h1-8,14,17H,9,16H2. The van der Waals surface area contributed by atoms with E-state index in [1.165, 1.54) is 0 Å². The lowest BCUT2D eigenvalue weighted by Crippen LogP contribution is -2.09. The van der Waals surface area contributed by atoms with E-state index in [0.29, 0.717) is 16.5 Å². The van der Waals surface area contributed by atoms with Gasteiger partial charge in [0.1, 0.15) is 18.5 Å². The predicted octanol–water partition coefficient (Wildman–Crippen LogP) is 3.03. The molecule has 1 unspecified atom stereocenters. The predicted molar refractivity (Wildman–Crippen MR) is 72.8 cm³/mol. The Hall–Kier alpha value is -1.71. The van der Waals surface area contributed by atoms with Crippen molar-refractivity contribution in [2.75, 3.05) is 12.3 Å². The average molecular weight is 264 g/mol. The zero-order chi connectivity index (χ0) is 13.0. The second-order valence-corrected chi connectivity index (χ2v) is 4.39. The van der Waals surface area contributed by atoms with Gasteiger partial charge in [-0.1, -0.05) is 23.7 Å². The van der Waals surface area contributed by atoms with Gasteiger partial charge in [0, 0.05) is 10.7 Å². The van der Waals surface area contributed by atoms with Crippen LogP contribution in [0.1, 0.15) is 11.7 Å². The summed E-state index contributed by atoms with van der Waals surface area (Å²) in [6, 6.07) is 14.1. The van der Waals surface area contributed by atoms with Gasteiger partial charge in [-0.25, -0.2) is 0 Å². The minimum atomic E-state index is -0.704. The van der Waals surface area contributed by atoms with Crippen LogP contribution in [0, 0.1) is 0 Å². The third kappa shape index (κ3) is 3.39. The monoisotopic (exact) mass is 263 g/mol. The number of nitrogens with two attached hydrogens (primary N) is 1. The minimum Gasteiger partial charge on any atom is -0.491 e. The number of halogens is 1. The molecule has 1 atom stereocenters. The van der Waals surface area contributed by atoms with Crippen LogP contribution in [-0.4, -0.2) is 11.7 Å². The maximum absolute atomic E-state index is 9.95. The number of nitrogen functional groups attached to an aromatic ring is 1. The number of aliphatic hydroxyl groups excluding tert-OH is 1. The van der Waals surface area contributed by atoms with Gasteiger partial charge in [0.2, 0.25) is 0 Å². The Bertz CT molecular complexity index is 513. The largest absolute Gasteiger partial charge is 0.491 e. The maximum Gasteiger partial charge on any atom is 0.119 e. The van der Waals surface area contributed by atoms with Crippen LogP contribution in [0.25, 0.3) is 0 Å². The van der Waals surface area contributed by atoms with E-state index in [0.717, 1.165) is 5.56 Å². The molecule has 2 aromatic carbocycles. The van der Waals surface area contributed by atoms with Crippen molar-refractivity contribution in [3.05, 3.63) is 59.1 Å². The molecule has 0 saturated heterocycles. The molecule has 94 valence electrons. The number of rotatable bonds is 4. The molecule has 0 heterocycles. The van der Waals surface area contributed by atoms with Crippen molar-refractivity contribution in [1.82, 2.24) is 0 Å². The Morgan fingerprint density at radius 1 is 1.17 bits per heavy atom. The molecule has 2 rings (SSSR count). The summed E-state index contributed by atoms with van der Waals surface area (Å²) < 4.78 is 5.47. The number of ether oxygens (including phenoxy) is 1. The van der Waals surface area contributed by atoms with Gasteiger partial charge in [-0.15, -0.1) is 0 Å². The third-order valence-corrected chi connectivity index (χ3v) is 2.77. The van der Waals surface area contributed by atoms with Crippen molar-refractivity contribution in [2.24, 2.45) is 0 Å². The van der Waals surface area contributed by atoms with Crippen molar-refractivity contribution in [3.63, 3.8) is 0 Å². The summed E-state index contributed by atoms with van der Waals surface area (Å²) in [7, 11) is 0. The normalized spacial score (nSPS) is 12.1. The smallest absolute Gasteiger partial charge is 0.119 e. The molecule has 0 aliphatic rings. The topological polar surface area (TPSA) is 55.5 Å². The van der Waals surface area contributed by atoms with Crippen molar-refractivity contribution in [2.45, 2.75) is 6.10 Å². The Labute approximate surface area is 111 Å². The fourth-order valence-corrected chi connectivity index (χ4v) is 1.69. The van der Waals surface area contributed by atoms with E-state index in [1.807, 2.05) is 6.07 Å². The molecule has 0 aliphatic carbocycles.